The lowest BCUT2D eigenvalue weighted by Crippen LogP contribution is -2.33. The van der Waals surface area contributed by atoms with E-state index in [1.165, 1.54) is 12.0 Å². The summed E-state index contributed by atoms with van der Waals surface area (Å²) in [4.78, 5) is 12.7. The van der Waals surface area contributed by atoms with Crippen LogP contribution in [0.25, 0.3) is 0 Å². The maximum absolute atomic E-state index is 12.7. The van der Waals surface area contributed by atoms with Crippen molar-refractivity contribution in [3.63, 3.8) is 0 Å². The van der Waals surface area contributed by atoms with Crippen molar-refractivity contribution in [2.45, 2.75) is 40.2 Å². The number of carbonyl (C=O) groups is 1. The second-order valence-electron chi connectivity index (χ2n) is 7.52. The molecule has 3 rings (SSSR count). The maximum atomic E-state index is 12.7. The smallest absolute Gasteiger partial charge is 0.146 e. The fourth-order valence-electron chi connectivity index (χ4n) is 4.40. The number of hydrogen-bond acceptors (Lipinski definition) is 2. The second-order valence-corrected chi connectivity index (χ2v) is 7.52. The first-order valence-electron chi connectivity index (χ1n) is 8.29. The van der Waals surface area contributed by atoms with Gasteiger partial charge in [0.2, 0.25) is 0 Å². The lowest BCUT2D eigenvalue weighted by molar-refractivity contribution is -0.130. The third kappa shape index (κ3) is 2.34. The number of ether oxygens (including phenoxy) is 1. The summed E-state index contributed by atoms with van der Waals surface area (Å²) in [6.07, 6.45) is 6.36. The molecule has 118 valence electrons. The van der Waals surface area contributed by atoms with Gasteiger partial charge in [0.25, 0.3) is 0 Å². The molecule has 3 atom stereocenters. The molecular weight excluding hydrogens is 272 g/mol. The highest BCUT2D eigenvalue weighted by Crippen LogP contribution is 2.65. The van der Waals surface area contributed by atoms with Crippen molar-refractivity contribution in [3.05, 3.63) is 48.0 Å². The summed E-state index contributed by atoms with van der Waals surface area (Å²) in [6.45, 7) is 7.89. The minimum absolute atomic E-state index is 0.0917. The molecule has 0 amide bonds. The second kappa shape index (κ2) is 5.66. The van der Waals surface area contributed by atoms with E-state index >= 15 is 0 Å². The maximum Gasteiger partial charge on any atom is 0.146 e. The lowest BCUT2D eigenvalue weighted by Gasteiger charge is -2.32. The van der Waals surface area contributed by atoms with Crippen molar-refractivity contribution in [2.24, 2.45) is 22.7 Å². The summed E-state index contributed by atoms with van der Waals surface area (Å²) in [5.74, 6) is 1.03. The summed E-state index contributed by atoms with van der Waals surface area (Å²) in [7, 11) is 0. The van der Waals surface area contributed by atoms with E-state index in [1.54, 1.807) is 0 Å². The zero-order chi connectivity index (χ0) is 15.8. The molecule has 2 aliphatic carbocycles. The monoisotopic (exact) mass is 298 g/mol. The van der Waals surface area contributed by atoms with Gasteiger partial charge in [0.05, 0.1) is 13.2 Å². The van der Waals surface area contributed by atoms with Crippen LogP contribution in [0.1, 0.15) is 39.2 Å². The predicted octanol–water partition coefficient (Wildman–Crippen LogP) is 4.40. The summed E-state index contributed by atoms with van der Waals surface area (Å²) < 4.78 is 5.67. The van der Waals surface area contributed by atoms with E-state index in [1.807, 2.05) is 24.3 Å². The van der Waals surface area contributed by atoms with Crippen LogP contribution in [0, 0.1) is 22.7 Å². The molecule has 0 saturated heterocycles. The molecule has 0 aromatic heterocycles. The van der Waals surface area contributed by atoms with E-state index in [0.29, 0.717) is 24.9 Å². The number of Topliss-reactive ketones (excluding diaryl/α,β-unsaturated/α-hetero) is 1. The van der Waals surface area contributed by atoms with Crippen LogP contribution in [0.4, 0.5) is 0 Å². The molecule has 2 fully saturated rings. The normalized spacial score (nSPS) is 33.0. The first kappa shape index (κ1) is 15.5. The molecule has 2 saturated carbocycles. The highest BCUT2D eigenvalue weighted by molar-refractivity contribution is 5.93. The molecule has 0 N–H and O–H groups in total. The topological polar surface area (TPSA) is 26.3 Å². The molecule has 0 aliphatic heterocycles. The predicted molar refractivity (Wildman–Crippen MR) is 88.3 cm³/mol. The molecule has 1 aromatic rings. The zero-order valence-electron chi connectivity index (χ0n) is 13.8. The van der Waals surface area contributed by atoms with Gasteiger partial charge in [-0.3, -0.25) is 4.79 Å². The van der Waals surface area contributed by atoms with Gasteiger partial charge in [-0.25, -0.2) is 0 Å². The number of fused-ring (bicyclic) bond motifs is 2. The van der Waals surface area contributed by atoms with E-state index in [2.05, 4.69) is 39.0 Å². The van der Waals surface area contributed by atoms with Crippen LogP contribution in [-0.4, -0.2) is 12.4 Å². The number of hydrogen-bond donors (Lipinski definition) is 0. The molecule has 2 heteroatoms. The van der Waals surface area contributed by atoms with Crippen molar-refractivity contribution in [3.8, 4) is 0 Å². The van der Waals surface area contributed by atoms with E-state index < -0.39 is 0 Å². The zero-order valence-corrected chi connectivity index (χ0v) is 13.8. The molecule has 0 radical (unpaired) electrons. The van der Waals surface area contributed by atoms with Crippen LogP contribution < -0.4 is 0 Å². The van der Waals surface area contributed by atoms with Crippen molar-refractivity contribution >= 4 is 5.78 Å². The number of benzene rings is 1. The fraction of sp³-hybridized carbons (Fsp3) is 0.550. The van der Waals surface area contributed by atoms with E-state index in [9.17, 15) is 4.79 Å². The number of ketones is 1. The third-order valence-corrected chi connectivity index (χ3v) is 6.25. The third-order valence-electron chi connectivity index (χ3n) is 6.25. The average Bonchev–Trinajstić information content (AvgIpc) is 2.81. The van der Waals surface area contributed by atoms with Crippen molar-refractivity contribution < 1.29 is 9.53 Å². The van der Waals surface area contributed by atoms with Gasteiger partial charge in [0.15, 0.2) is 0 Å². The van der Waals surface area contributed by atoms with Crippen molar-refractivity contribution in [1.29, 1.82) is 0 Å². The molecular formula is C20H26O2. The van der Waals surface area contributed by atoms with Gasteiger partial charge in [0.1, 0.15) is 5.78 Å². The Morgan fingerprint density at radius 3 is 2.59 bits per heavy atom. The van der Waals surface area contributed by atoms with Gasteiger partial charge in [0, 0.05) is 11.3 Å². The largest absolute Gasteiger partial charge is 0.373 e. The number of carbonyl (C=O) groups excluding carboxylic acids is 1. The first-order valence-corrected chi connectivity index (χ1v) is 8.29. The number of allylic oxidation sites excluding steroid dienone is 1. The minimum atomic E-state index is -0.127. The summed E-state index contributed by atoms with van der Waals surface area (Å²) in [5, 5.41) is 0. The molecule has 1 aromatic carbocycles. The Balaban J connectivity index is 1.55. The first-order chi connectivity index (χ1) is 10.5. The fourth-order valence-corrected chi connectivity index (χ4v) is 4.40. The molecule has 0 heterocycles. The Morgan fingerprint density at radius 1 is 1.23 bits per heavy atom. The van der Waals surface area contributed by atoms with Gasteiger partial charge < -0.3 is 4.74 Å². The molecule has 0 spiro atoms. The van der Waals surface area contributed by atoms with Crippen LogP contribution in [0.5, 0.6) is 0 Å². The van der Waals surface area contributed by atoms with Crippen LogP contribution >= 0.6 is 0 Å². The molecule has 22 heavy (non-hydrogen) atoms. The van der Waals surface area contributed by atoms with Gasteiger partial charge in [-0.15, -0.1) is 0 Å². The Hall–Kier alpha value is -1.41. The molecule has 2 aliphatic rings. The quantitative estimate of drug-likeness (QED) is 0.595. The van der Waals surface area contributed by atoms with E-state index in [0.717, 1.165) is 6.42 Å². The van der Waals surface area contributed by atoms with E-state index in [-0.39, 0.29) is 16.7 Å². The summed E-state index contributed by atoms with van der Waals surface area (Å²) in [6, 6.07) is 10.2. The van der Waals surface area contributed by atoms with E-state index in [4.69, 9.17) is 4.74 Å². The van der Waals surface area contributed by atoms with Crippen LogP contribution in [0.15, 0.2) is 42.5 Å². The Bertz CT molecular complexity index is 573. The average molecular weight is 298 g/mol. The van der Waals surface area contributed by atoms with Crippen LogP contribution in [-0.2, 0) is 16.1 Å². The minimum Gasteiger partial charge on any atom is -0.373 e. The van der Waals surface area contributed by atoms with Crippen molar-refractivity contribution in [2.75, 3.05) is 6.61 Å². The standard InChI is InChI=1S/C20H26O2/c1-19(2)17-11-12-20(19,3)18(21)16(17)10-7-13-22-14-15-8-5-4-6-9-15/h4-10,16-17H,11-14H2,1-3H3/b10-7+/t16?,17?,20-/m0/s1. The SMILES string of the molecule is CC1(C)C2CC[C@@]1(C)C(=O)C2/C=C/COCc1ccccc1. The number of rotatable bonds is 5. The molecule has 2 bridgehead atoms. The Kier molecular flexibility index (Phi) is 3.98. The van der Waals surface area contributed by atoms with Gasteiger partial charge >= 0.3 is 0 Å². The van der Waals surface area contributed by atoms with Gasteiger partial charge in [-0.1, -0.05) is 63.3 Å². The van der Waals surface area contributed by atoms with Gasteiger partial charge in [-0.05, 0) is 29.7 Å². The summed E-state index contributed by atoms with van der Waals surface area (Å²) >= 11 is 0. The van der Waals surface area contributed by atoms with Crippen LogP contribution in [0.2, 0.25) is 0 Å². The Labute approximate surface area is 133 Å². The summed E-state index contributed by atoms with van der Waals surface area (Å²) in [5.41, 5.74) is 1.18. The van der Waals surface area contributed by atoms with Crippen molar-refractivity contribution in [1.82, 2.24) is 0 Å². The highest BCUT2D eigenvalue weighted by Gasteiger charge is 2.65. The Morgan fingerprint density at radius 2 is 1.95 bits per heavy atom. The molecule has 2 unspecified atom stereocenters. The van der Waals surface area contributed by atoms with Crippen LogP contribution in [0.3, 0.4) is 0 Å². The highest BCUT2D eigenvalue weighted by atomic mass is 16.5. The lowest BCUT2D eigenvalue weighted by atomic mass is 9.70. The van der Waals surface area contributed by atoms with Gasteiger partial charge in [-0.2, -0.15) is 0 Å². The molecule has 2 nitrogen and oxygen atoms in total.